The van der Waals surface area contributed by atoms with Gasteiger partial charge in [-0.2, -0.15) is 0 Å². The Balaban J connectivity index is 2.08. The number of hydrogen-bond acceptors (Lipinski definition) is 4. The van der Waals surface area contributed by atoms with Gasteiger partial charge in [-0.3, -0.25) is 9.59 Å². The van der Waals surface area contributed by atoms with Crippen LogP contribution < -0.4 is 10.9 Å². The van der Waals surface area contributed by atoms with Crippen molar-refractivity contribution < 1.29 is 13.2 Å². The summed E-state index contributed by atoms with van der Waals surface area (Å²) in [7, 11) is -3.49. The largest absolute Gasteiger partial charge is 0.322 e. The third kappa shape index (κ3) is 3.07. The van der Waals surface area contributed by atoms with E-state index in [-0.39, 0.29) is 16.1 Å². The Morgan fingerprint density at radius 1 is 1.04 bits per heavy atom. The minimum absolute atomic E-state index is 0.0208. The minimum Gasteiger partial charge on any atom is -0.322 e. The topological polar surface area (TPSA) is 96.1 Å². The van der Waals surface area contributed by atoms with Crippen LogP contribution in [-0.4, -0.2) is 25.6 Å². The van der Waals surface area contributed by atoms with Gasteiger partial charge in [0.25, 0.3) is 5.91 Å². The standard InChI is InChI=1S/C17H14N2O4S/c1-24(22,23)15-9-5-4-8-14(15)19-17(21)12-10-16(20)18-13-7-3-2-6-11(12)13/h2-10H,1H3,(H,18,20)(H,19,21). The van der Waals surface area contributed by atoms with Crippen LogP contribution >= 0.6 is 0 Å². The second-order valence-corrected chi connectivity index (χ2v) is 7.30. The summed E-state index contributed by atoms with van der Waals surface area (Å²) in [6.07, 6.45) is 1.07. The fourth-order valence-electron chi connectivity index (χ4n) is 2.48. The number of anilines is 1. The molecule has 7 heteroatoms. The van der Waals surface area contributed by atoms with Crippen molar-refractivity contribution >= 4 is 32.3 Å². The molecule has 0 fully saturated rings. The molecule has 0 aliphatic rings. The van der Waals surface area contributed by atoms with Crippen molar-refractivity contribution in [3.05, 3.63) is 70.5 Å². The average molecular weight is 342 g/mol. The van der Waals surface area contributed by atoms with Gasteiger partial charge < -0.3 is 10.3 Å². The maximum Gasteiger partial charge on any atom is 0.256 e. The number of amides is 1. The monoisotopic (exact) mass is 342 g/mol. The Hall–Kier alpha value is -2.93. The molecule has 122 valence electrons. The molecule has 0 bridgehead atoms. The van der Waals surface area contributed by atoms with Crippen LogP contribution in [0, 0.1) is 0 Å². The van der Waals surface area contributed by atoms with Gasteiger partial charge in [0, 0.05) is 23.2 Å². The Bertz CT molecular complexity index is 1100. The maximum atomic E-state index is 12.6. The van der Waals surface area contributed by atoms with Crippen LogP contribution in [0.4, 0.5) is 5.69 Å². The van der Waals surface area contributed by atoms with Crippen molar-refractivity contribution in [1.82, 2.24) is 4.98 Å². The number of sulfone groups is 1. The van der Waals surface area contributed by atoms with Gasteiger partial charge in [-0.15, -0.1) is 0 Å². The van der Waals surface area contributed by atoms with Gasteiger partial charge >= 0.3 is 0 Å². The number of hydrogen-bond donors (Lipinski definition) is 2. The molecule has 0 saturated carbocycles. The first-order chi connectivity index (χ1) is 11.4. The number of para-hydroxylation sites is 2. The van der Waals surface area contributed by atoms with Gasteiger partial charge in [-0.25, -0.2) is 8.42 Å². The molecule has 2 aromatic carbocycles. The lowest BCUT2D eigenvalue weighted by atomic mass is 10.1. The van der Waals surface area contributed by atoms with Crippen molar-refractivity contribution in [2.45, 2.75) is 4.90 Å². The molecule has 0 saturated heterocycles. The summed E-state index contributed by atoms with van der Waals surface area (Å²) in [5, 5.41) is 3.16. The molecular formula is C17H14N2O4S. The molecule has 24 heavy (non-hydrogen) atoms. The zero-order valence-corrected chi connectivity index (χ0v) is 13.6. The molecular weight excluding hydrogens is 328 g/mol. The Morgan fingerprint density at radius 3 is 2.46 bits per heavy atom. The number of aromatic amines is 1. The van der Waals surface area contributed by atoms with Crippen LogP contribution in [0.25, 0.3) is 10.9 Å². The number of benzene rings is 2. The highest BCUT2D eigenvalue weighted by molar-refractivity contribution is 7.90. The highest BCUT2D eigenvalue weighted by Crippen LogP contribution is 2.22. The van der Waals surface area contributed by atoms with E-state index in [0.717, 1.165) is 6.26 Å². The smallest absolute Gasteiger partial charge is 0.256 e. The van der Waals surface area contributed by atoms with Gasteiger partial charge in [-0.1, -0.05) is 30.3 Å². The lowest BCUT2D eigenvalue weighted by Gasteiger charge is -2.11. The quantitative estimate of drug-likeness (QED) is 0.762. The van der Waals surface area contributed by atoms with Gasteiger partial charge in [0.1, 0.15) is 0 Å². The van der Waals surface area contributed by atoms with E-state index in [1.807, 2.05) is 0 Å². The molecule has 0 unspecified atom stereocenters. The normalized spacial score (nSPS) is 11.4. The predicted octanol–water partition coefficient (Wildman–Crippen LogP) is 2.18. The number of rotatable bonds is 3. The van der Waals surface area contributed by atoms with E-state index in [1.165, 1.54) is 18.2 Å². The van der Waals surface area contributed by atoms with E-state index in [9.17, 15) is 18.0 Å². The van der Waals surface area contributed by atoms with E-state index in [0.29, 0.717) is 10.9 Å². The minimum atomic E-state index is -3.49. The van der Waals surface area contributed by atoms with Gasteiger partial charge in [0.05, 0.1) is 16.1 Å². The van der Waals surface area contributed by atoms with Crippen LogP contribution in [0.15, 0.2) is 64.3 Å². The second-order valence-electron chi connectivity index (χ2n) is 5.32. The first-order valence-corrected chi connectivity index (χ1v) is 8.98. The second kappa shape index (κ2) is 5.93. The highest BCUT2D eigenvalue weighted by Gasteiger charge is 2.17. The molecule has 0 aliphatic heterocycles. The van der Waals surface area contributed by atoms with Gasteiger partial charge in [0.2, 0.25) is 5.56 Å². The number of aromatic nitrogens is 1. The first kappa shape index (κ1) is 15.9. The lowest BCUT2D eigenvalue weighted by Crippen LogP contribution is -2.18. The molecule has 6 nitrogen and oxygen atoms in total. The maximum absolute atomic E-state index is 12.6. The summed E-state index contributed by atoms with van der Waals surface area (Å²) in [5.74, 6) is -0.548. The molecule has 2 N–H and O–H groups in total. The molecule has 3 rings (SSSR count). The Kier molecular flexibility index (Phi) is 3.94. The fourth-order valence-corrected chi connectivity index (χ4v) is 3.32. The number of nitrogens with one attached hydrogen (secondary N) is 2. The number of pyridine rings is 1. The molecule has 0 spiro atoms. The number of carbonyl (C=O) groups excluding carboxylic acids is 1. The number of H-pyrrole nitrogens is 1. The molecule has 3 aromatic rings. The van der Waals surface area contributed by atoms with Crippen LogP contribution in [-0.2, 0) is 9.84 Å². The summed E-state index contributed by atoms with van der Waals surface area (Å²) in [6.45, 7) is 0. The van der Waals surface area contributed by atoms with Crippen LogP contribution in [0.3, 0.4) is 0 Å². The van der Waals surface area contributed by atoms with Gasteiger partial charge in [0.15, 0.2) is 9.84 Å². The SMILES string of the molecule is CS(=O)(=O)c1ccccc1NC(=O)c1cc(=O)[nH]c2ccccc12. The zero-order chi connectivity index (χ0) is 17.3. The van der Waals surface area contributed by atoms with E-state index in [4.69, 9.17) is 0 Å². The summed E-state index contributed by atoms with van der Waals surface area (Å²) >= 11 is 0. The van der Waals surface area contributed by atoms with Crippen molar-refractivity contribution in [3.8, 4) is 0 Å². The highest BCUT2D eigenvalue weighted by atomic mass is 32.2. The van der Waals surface area contributed by atoms with Crippen molar-refractivity contribution in [1.29, 1.82) is 0 Å². The Morgan fingerprint density at radius 2 is 1.71 bits per heavy atom. The summed E-state index contributed by atoms with van der Waals surface area (Å²) < 4.78 is 23.7. The summed E-state index contributed by atoms with van der Waals surface area (Å²) in [4.78, 5) is 27.0. The van der Waals surface area contributed by atoms with E-state index >= 15 is 0 Å². The third-order valence-electron chi connectivity index (χ3n) is 3.53. The van der Waals surface area contributed by atoms with Crippen molar-refractivity contribution in [3.63, 3.8) is 0 Å². The van der Waals surface area contributed by atoms with E-state index in [2.05, 4.69) is 10.3 Å². The average Bonchev–Trinajstić information content (AvgIpc) is 2.53. The van der Waals surface area contributed by atoms with Crippen molar-refractivity contribution in [2.75, 3.05) is 11.6 Å². The summed E-state index contributed by atoms with van der Waals surface area (Å²) in [5.41, 5.74) is 0.480. The predicted molar refractivity (Wildman–Crippen MR) is 92.1 cm³/mol. The van der Waals surface area contributed by atoms with Crippen LogP contribution in [0.2, 0.25) is 0 Å². The van der Waals surface area contributed by atoms with Crippen LogP contribution in [0.1, 0.15) is 10.4 Å². The lowest BCUT2D eigenvalue weighted by molar-refractivity contribution is 0.102. The van der Waals surface area contributed by atoms with Gasteiger partial charge in [-0.05, 0) is 18.2 Å². The molecule has 0 atom stereocenters. The summed E-state index contributed by atoms with van der Waals surface area (Å²) in [6, 6.07) is 14.2. The molecule has 0 radical (unpaired) electrons. The molecule has 1 aromatic heterocycles. The molecule has 0 aliphatic carbocycles. The van der Waals surface area contributed by atoms with E-state index < -0.39 is 21.3 Å². The first-order valence-electron chi connectivity index (χ1n) is 7.09. The third-order valence-corrected chi connectivity index (χ3v) is 4.68. The number of carbonyl (C=O) groups is 1. The Labute approximate surface area is 138 Å². The fraction of sp³-hybridized carbons (Fsp3) is 0.0588. The van der Waals surface area contributed by atoms with Crippen LogP contribution in [0.5, 0.6) is 0 Å². The zero-order valence-electron chi connectivity index (χ0n) is 12.7. The number of fused-ring (bicyclic) bond motifs is 1. The van der Waals surface area contributed by atoms with Crippen molar-refractivity contribution in [2.24, 2.45) is 0 Å². The molecule has 1 heterocycles. The van der Waals surface area contributed by atoms with E-state index in [1.54, 1.807) is 36.4 Å². The molecule has 1 amide bonds.